The molecule has 1 fully saturated rings. The average Bonchev–Trinajstić information content (AvgIpc) is 2.53. The number of aromatic nitrogens is 1. The van der Waals surface area contributed by atoms with Gasteiger partial charge in [-0.15, -0.1) is 0 Å². The first-order valence-electron chi connectivity index (χ1n) is 8.52. The van der Waals surface area contributed by atoms with Gasteiger partial charge in [-0.1, -0.05) is 33.1 Å². The highest BCUT2D eigenvalue weighted by molar-refractivity contribution is 5.95. The molecule has 0 aliphatic heterocycles. The number of hydrogen-bond acceptors (Lipinski definition) is 4. The van der Waals surface area contributed by atoms with Gasteiger partial charge >= 0.3 is 0 Å². The van der Waals surface area contributed by atoms with E-state index < -0.39 is 0 Å². The van der Waals surface area contributed by atoms with Crippen molar-refractivity contribution in [2.75, 3.05) is 7.11 Å². The number of amides is 1. The lowest BCUT2D eigenvalue weighted by Crippen LogP contribution is -2.41. The van der Waals surface area contributed by atoms with Crippen molar-refractivity contribution >= 4 is 5.91 Å². The summed E-state index contributed by atoms with van der Waals surface area (Å²) >= 11 is 0. The normalized spacial score (nSPS) is 24.2. The number of methoxy groups -OCH3 is 1. The van der Waals surface area contributed by atoms with Crippen molar-refractivity contribution in [2.45, 2.75) is 64.8 Å². The summed E-state index contributed by atoms with van der Waals surface area (Å²) in [6.45, 7) is 4.53. The molecule has 0 saturated heterocycles. The fraction of sp³-hybridized carbons (Fsp3) is 0.667. The second-order valence-corrected chi connectivity index (χ2v) is 6.89. The Balaban J connectivity index is 2.02. The molecule has 1 amide bonds. The van der Waals surface area contributed by atoms with E-state index >= 15 is 0 Å². The summed E-state index contributed by atoms with van der Waals surface area (Å²) in [6.07, 6.45) is 9.44. The maximum absolute atomic E-state index is 12.4. The zero-order valence-electron chi connectivity index (χ0n) is 14.4. The summed E-state index contributed by atoms with van der Waals surface area (Å²) in [4.78, 5) is 16.4. The number of carbonyl (C=O) groups excluding carboxylic acids is 1. The number of ether oxygens (including phenoxy) is 1. The lowest BCUT2D eigenvalue weighted by atomic mass is 9.70. The van der Waals surface area contributed by atoms with Gasteiger partial charge in [0.05, 0.1) is 7.11 Å². The summed E-state index contributed by atoms with van der Waals surface area (Å²) in [5, 5.41) is 13.1. The van der Waals surface area contributed by atoms with E-state index in [1.807, 2.05) is 0 Å². The lowest BCUT2D eigenvalue weighted by molar-refractivity contribution is 0.0877. The Hall–Kier alpha value is -1.78. The maximum Gasteiger partial charge on any atom is 0.274 e. The summed E-state index contributed by atoms with van der Waals surface area (Å²) in [5.74, 6) is -0.259. The number of carbonyl (C=O) groups is 1. The van der Waals surface area contributed by atoms with Gasteiger partial charge < -0.3 is 15.2 Å². The Kier molecular flexibility index (Phi) is 5.85. The van der Waals surface area contributed by atoms with E-state index in [-0.39, 0.29) is 29.1 Å². The number of nitrogens with one attached hydrogen (secondary N) is 1. The van der Waals surface area contributed by atoms with Crippen LogP contribution < -0.4 is 10.1 Å². The number of aromatic hydroxyl groups is 1. The molecule has 1 aromatic heterocycles. The van der Waals surface area contributed by atoms with Gasteiger partial charge in [-0.3, -0.25) is 4.79 Å². The van der Waals surface area contributed by atoms with Crippen molar-refractivity contribution < 1.29 is 14.6 Å². The van der Waals surface area contributed by atoms with Crippen molar-refractivity contribution in [3.05, 3.63) is 18.0 Å². The van der Waals surface area contributed by atoms with Crippen molar-refractivity contribution in [1.29, 1.82) is 0 Å². The van der Waals surface area contributed by atoms with Crippen LogP contribution in [-0.2, 0) is 0 Å². The molecule has 1 saturated carbocycles. The number of rotatable bonds is 6. The topological polar surface area (TPSA) is 71.5 Å². The Morgan fingerprint density at radius 2 is 2.35 bits per heavy atom. The van der Waals surface area contributed by atoms with Gasteiger partial charge in [0.15, 0.2) is 17.2 Å². The zero-order valence-corrected chi connectivity index (χ0v) is 14.4. The third-order valence-corrected chi connectivity index (χ3v) is 4.86. The SMILES string of the molecule is CCCCC1(C)CCCC(NC(=O)c2nccc(OC)c2O)C1. The molecule has 128 valence electrons. The van der Waals surface area contributed by atoms with Crippen molar-refractivity contribution in [1.82, 2.24) is 10.3 Å². The van der Waals surface area contributed by atoms with Crippen molar-refractivity contribution in [2.24, 2.45) is 5.41 Å². The van der Waals surface area contributed by atoms with Gasteiger partial charge in [-0.2, -0.15) is 0 Å². The molecule has 23 heavy (non-hydrogen) atoms. The predicted octanol–water partition coefficient (Wildman–Crippen LogP) is 3.66. The number of pyridine rings is 1. The Bertz CT molecular complexity index is 547. The van der Waals surface area contributed by atoms with E-state index in [1.165, 1.54) is 45.1 Å². The highest BCUT2D eigenvalue weighted by Crippen LogP contribution is 2.40. The lowest BCUT2D eigenvalue weighted by Gasteiger charge is -2.38. The Labute approximate surface area is 138 Å². The van der Waals surface area contributed by atoms with Crippen LogP contribution in [0.3, 0.4) is 0 Å². The summed E-state index contributed by atoms with van der Waals surface area (Å²) in [6, 6.07) is 1.68. The second kappa shape index (κ2) is 7.66. The quantitative estimate of drug-likeness (QED) is 0.839. The molecule has 2 rings (SSSR count). The van der Waals surface area contributed by atoms with Gasteiger partial charge in [-0.05, 0) is 31.1 Å². The fourth-order valence-corrected chi connectivity index (χ4v) is 3.55. The fourth-order valence-electron chi connectivity index (χ4n) is 3.55. The zero-order chi connectivity index (χ0) is 16.9. The van der Waals surface area contributed by atoms with Crippen LogP contribution >= 0.6 is 0 Å². The minimum atomic E-state index is -0.328. The van der Waals surface area contributed by atoms with Gasteiger partial charge in [0.1, 0.15) is 0 Å². The molecule has 0 radical (unpaired) electrons. The maximum atomic E-state index is 12.4. The minimum absolute atomic E-state index is 0.0326. The van der Waals surface area contributed by atoms with Crippen LogP contribution in [0.2, 0.25) is 0 Å². The van der Waals surface area contributed by atoms with Gasteiger partial charge in [0.2, 0.25) is 0 Å². The van der Waals surface area contributed by atoms with E-state index in [1.54, 1.807) is 0 Å². The molecule has 0 aromatic carbocycles. The van der Waals surface area contributed by atoms with Gasteiger partial charge in [0, 0.05) is 18.3 Å². The van der Waals surface area contributed by atoms with E-state index in [0.717, 1.165) is 19.3 Å². The molecule has 2 unspecified atom stereocenters. The molecule has 2 N–H and O–H groups in total. The van der Waals surface area contributed by atoms with Gasteiger partial charge in [0.25, 0.3) is 5.91 Å². The molecule has 5 heteroatoms. The molecular weight excluding hydrogens is 292 g/mol. The van der Waals surface area contributed by atoms with Gasteiger partial charge in [-0.25, -0.2) is 4.98 Å². The Morgan fingerprint density at radius 3 is 3.04 bits per heavy atom. The minimum Gasteiger partial charge on any atom is -0.503 e. The highest BCUT2D eigenvalue weighted by Gasteiger charge is 2.33. The number of unbranched alkanes of at least 4 members (excludes halogenated alkanes) is 1. The van der Waals surface area contributed by atoms with Crippen molar-refractivity contribution in [3.63, 3.8) is 0 Å². The van der Waals surface area contributed by atoms with Crippen LogP contribution in [0.1, 0.15) is 69.3 Å². The number of hydrogen-bond donors (Lipinski definition) is 2. The molecule has 2 atom stereocenters. The first kappa shape index (κ1) is 17.6. The monoisotopic (exact) mass is 320 g/mol. The standard InChI is InChI=1S/C18H28N2O3/c1-4-5-9-18(2)10-6-7-13(12-18)20-17(22)15-16(21)14(23-3)8-11-19-15/h8,11,13,21H,4-7,9-10,12H2,1-3H3,(H,20,22). The molecule has 1 heterocycles. The first-order chi connectivity index (χ1) is 11.0. The largest absolute Gasteiger partial charge is 0.503 e. The van der Waals surface area contributed by atoms with Crippen molar-refractivity contribution in [3.8, 4) is 11.5 Å². The van der Waals surface area contributed by atoms with E-state index in [2.05, 4.69) is 24.1 Å². The summed E-state index contributed by atoms with van der Waals surface area (Å²) in [7, 11) is 1.46. The van der Waals surface area contributed by atoms with Crippen LogP contribution in [0.15, 0.2) is 12.3 Å². The van der Waals surface area contributed by atoms with Crippen LogP contribution in [0.25, 0.3) is 0 Å². The van der Waals surface area contributed by atoms with Crippen LogP contribution in [0.4, 0.5) is 0 Å². The van der Waals surface area contributed by atoms with E-state index in [9.17, 15) is 9.90 Å². The molecular formula is C18H28N2O3. The molecule has 5 nitrogen and oxygen atoms in total. The van der Waals surface area contributed by atoms with E-state index in [4.69, 9.17) is 4.74 Å². The van der Waals surface area contributed by atoms with Crippen LogP contribution in [-0.4, -0.2) is 29.1 Å². The first-order valence-corrected chi connectivity index (χ1v) is 8.52. The number of nitrogens with zero attached hydrogens (tertiary/aromatic N) is 1. The van der Waals surface area contributed by atoms with E-state index in [0.29, 0.717) is 5.41 Å². The smallest absolute Gasteiger partial charge is 0.274 e. The molecule has 0 bridgehead atoms. The van der Waals surface area contributed by atoms with Crippen LogP contribution in [0.5, 0.6) is 11.5 Å². The summed E-state index contributed by atoms with van der Waals surface area (Å²) < 4.78 is 5.03. The molecule has 1 aliphatic rings. The third kappa shape index (κ3) is 4.36. The van der Waals surface area contributed by atoms with Crippen LogP contribution in [0, 0.1) is 5.41 Å². The molecule has 0 spiro atoms. The third-order valence-electron chi connectivity index (χ3n) is 4.86. The predicted molar refractivity (Wildman–Crippen MR) is 89.8 cm³/mol. The Morgan fingerprint density at radius 1 is 1.57 bits per heavy atom. The summed E-state index contributed by atoms with van der Waals surface area (Å²) in [5.41, 5.74) is 0.334. The molecule has 1 aromatic rings. The highest BCUT2D eigenvalue weighted by atomic mass is 16.5. The second-order valence-electron chi connectivity index (χ2n) is 6.89. The average molecular weight is 320 g/mol. The molecule has 1 aliphatic carbocycles.